The molecule has 0 atom stereocenters. The zero-order valence-electron chi connectivity index (χ0n) is 12.8. The second kappa shape index (κ2) is 7.20. The first-order valence-electron chi connectivity index (χ1n) is 7.38. The molecule has 0 radical (unpaired) electrons. The van der Waals surface area contributed by atoms with Crippen molar-refractivity contribution in [2.24, 2.45) is 0 Å². The summed E-state index contributed by atoms with van der Waals surface area (Å²) in [5.41, 5.74) is 1.76. The lowest BCUT2D eigenvalue weighted by Gasteiger charge is -1.94. The summed E-state index contributed by atoms with van der Waals surface area (Å²) in [6, 6.07) is 17.3. The third-order valence-corrected chi connectivity index (χ3v) is 4.64. The number of benzene rings is 2. The highest BCUT2D eigenvalue weighted by Gasteiger charge is 2.12. The molecule has 124 valence electrons. The highest BCUT2D eigenvalue weighted by Crippen LogP contribution is 2.26. The van der Waals surface area contributed by atoms with Gasteiger partial charge in [-0.15, -0.1) is 20.4 Å². The standard InChI is InChI=1S/C17H11BrN4O2S/c18-13-8-6-12(7-9-13)15-20-19-14(23-15)10-25-17-22-21-16(24-17)11-4-2-1-3-5-11/h1-9H,10H2. The number of hydrogen-bond donors (Lipinski definition) is 0. The fourth-order valence-electron chi connectivity index (χ4n) is 2.11. The third-order valence-electron chi connectivity index (χ3n) is 3.30. The maximum Gasteiger partial charge on any atom is 0.277 e. The predicted molar refractivity (Wildman–Crippen MR) is 96.7 cm³/mol. The maximum absolute atomic E-state index is 5.67. The minimum absolute atomic E-state index is 0.458. The van der Waals surface area contributed by atoms with Crippen molar-refractivity contribution in [3.8, 4) is 22.9 Å². The van der Waals surface area contributed by atoms with Crippen LogP contribution in [-0.4, -0.2) is 20.4 Å². The van der Waals surface area contributed by atoms with Gasteiger partial charge in [0.2, 0.25) is 17.7 Å². The van der Waals surface area contributed by atoms with Gasteiger partial charge >= 0.3 is 0 Å². The molecule has 0 saturated heterocycles. The number of thioether (sulfide) groups is 1. The number of nitrogens with zero attached hydrogens (tertiary/aromatic N) is 4. The van der Waals surface area contributed by atoms with E-state index < -0.39 is 0 Å². The van der Waals surface area contributed by atoms with Gasteiger partial charge in [-0.2, -0.15) is 0 Å². The normalized spacial score (nSPS) is 10.9. The second-order valence-corrected chi connectivity index (χ2v) is 6.88. The molecule has 6 nitrogen and oxygen atoms in total. The molecule has 4 rings (SSSR count). The van der Waals surface area contributed by atoms with E-state index in [0.717, 1.165) is 15.6 Å². The van der Waals surface area contributed by atoms with E-state index in [0.29, 0.717) is 28.6 Å². The molecule has 2 aromatic heterocycles. The summed E-state index contributed by atoms with van der Waals surface area (Å²) in [7, 11) is 0. The molecule has 0 N–H and O–H groups in total. The van der Waals surface area contributed by atoms with Gasteiger partial charge in [-0.05, 0) is 36.4 Å². The molecular formula is C17H11BrN4O2S. The van der Waals surface area contributed by atoms with Crippen molar-refractivity contribution in [1.82, 2.24) is 20.4 Å². The summed E-state index contributed by atoms with van der Waals surface area (Å²) in [4.78, 5) is 0. The molecule has 8 heteroatoms. The lowest BCUT2D eigenvalue weighted by Crippen LogP contribution is -1.80. The molecule has 0 amide bonds. The Morgan fingerprint density at radius 1 is 0.760 bits per heavy atom. The fourth-order valence-corrected chi connectivity index (χ4v) is 2.97. The molecule has 2 aromatic carbocycles. The summed E-state index contributed by atoms with van der Waals surface area (Å²) in [5, 5.41) is 16.7. The van der Waals surface area contributed by atoms with Crippen LogP contribution in [0.4, 0.5) is 0 Å². The molecule has 0 unspecified atom stereocenters. The third kappa shape index (κ3) is 3.80. The number of hydrogen-bond acceptors (Lipinski definition) is 7. The molecule has 25 heavy (non-hydrogen) atoms. The minimum atomic E-state index is 0.458. The van der Waals surface area contributed by atoms with Gasteiger partial charge in [-0.1, -0.05) is 45.9 Å². The molecule has 0 aliphatic rings. The van der Waals surface area contributed by atoms with Crippen LogP contribution >= 0.6 is 27.7 Å². The molecule has 0 saturated carbocycles. The number of rotatable bonds is 5. The fraction of sp³-hybridized carbons (Fsp3) is 0.0588. The van der Waals surface area contributed by atoms with Crippen molar-refractivity contribution in [2.45, 2.75) is 11.0 Å². The van der Waals surface area contributed by atoms with E-state index in [1.165, 1.54) is 11.8 Å². The van der Waals surface area contributed by atoms with E-state index in [1.54, 1.807) is 0 Å². The van der Waals surface area contributed by atoms with Gasteiger partial charge in [0, 0.05) is 15.6 Å². The molecule has 0 spiro atoms. The van der Waals surface area contributed by atoms with Gasteiger partial charge in [-0.25, -0.2) is 0 Å². The Bertz CT molecular complexity index is 970. The predicted octanol–water partition coefficient (Wildman–Crippen LogP) is 4.84. The van der Waals surface area contributed by atoms with Gasteiger partial charge in [0.15, 0.2) is 0 Å². The first-order chi connectivity index (χ1) is 12.3. The Balaban J connectivity index is 1.42. The van der Waals surface area contributed by atoms with Crippen LogP contribution in [0.1, 0.15) is 5.89 Å². The highest BCUT2D eigenvalue weighted by atomic mass is 79.9. The largest absolute Gasteiger partial charge is 0.420 e. The Hall–Kier alpha value is -2.45. The topological polar surface area (TPSA) is 77.8 Å². The number of halogens is 1. The van der Waals surface area contributed by atoms with Crippen LogP contribution in [0.5, 0.6) is 0 Å². The van der Waals surface area contributed by atoms with E-state index in [4.69, 9.17) is 8.83 Å². The molecule has 0 aliphatic heterocycles. The van der Waals surface area contributed by atoms with Crippen molar-refractivity contribution in [3.63, 3.8) is 0 Å². The summed E-state index contributed by atoms with van der Waals surface area (Å²) in [6.45, 7) is 0. The van der Waals surface area contributed by atoms with Gasteiger partial charge in [0.1, 0.15) is 0 Å². The first-order valence-corrected chi connectivity index (χ1v) is 9.16. The maximum atomic E-state index is 5.67. The average molecular weight is 415 g/mol. The van der Waals surface area contributed by atoms with Crippen LogP contribution in [0, 0.1) is 0 Å². The van der Waals surface area contributed by atoms with Crippen LogP contribution in [0.25, 0.3) is 22.9 Å². The van der Waals surface area contributed by atoms with Crippen molar-refractivity contribution in [2.75, 3.05) is 0 Å². The zero-order chi connectivity index (χ0) is 17.1. The number of aromatic nitrogens is 4. The molecule has 0 fully saturated rings. The lowest BCUT2D eigenvalue weighted by molar-refractivity contribution is 0.464. The minimum Gasteiger partial charge on any atom is -0.420 e. The first kappa shape index (κ1) is 16.0. The SMILES string of the molecule is Brc1ccc(-c2nnc(CSc3nnc(-c4ccccc4)o3)o2)cc1. The molecular weight excluding hydrogens is 404 g/mol. The zero-order valence-corrected chi connectivity index (χ0v) is 15.2. The summed E-state index contributed by atoms with van der Waals surface area (Å²) in [6.07, 6.45) is 0. The van der Waals surface area contributed by atoms with Crippen molar-refractivity contribution in [3.05, 3.63) is 65.0 Å². The molecule has 0 bridgehead atoms. The van der Waals surface area contributed by atoms with E-state index in [9.17, 15) is 0 Å². The van der Waals surface area contributed by atoms with Crippen molar-refractivity contribution < 1.29 is 8.83 Å². The highest BCUT2D eigenvalue weighted by molar-refractivity contribution is 9.10. The summed E-state index contributed by atoms with van der Waals surface area (Å²) < 4.78 is 12.3. The Morgan fingerprint density at radius 2 is 1.44 bits per heavy atom. The monoisotopic (exact) mass is 414 g/mol. The lowest BCUT2D eigenvalue weighted by atomic mass is 10.2. The quantitative estimate of drug-likeness (QED) is 0.432. The van der Waals surface area contributed by atoms with Gasteiger partial charge < -0.3 is 8.83 Å². The van der Waals surface area contributed by atoms with Crippen molar-refractivity contribution >= 4 is 27.7 Å². The molecule has 2 heterocycles. The van der Waals surface area contributed by atoms with Crippen LogP contribution in [0.3, 0.4) is 0 Å². The Kier molecular flexibility index (Phi) is 4.62. The van der Waals surface area contributed by atoms with E-state index >= 15 is 0 Å². The van der Waals surface area contributed by atoms with E-state index in [2.05, 4.69) is 36.3 Å². The summed E-state index contributed by atoms with van der Waals surface area (Å²) in [5.74, 6) is 1.94. The second-order valence-electron chi connectivity index (χ2n) is 5.04. The van der Waals surface area contributed by atoms with Gasteiger partial charge in [0.25, 0.3) is 5.22 Å². The van der Waals surface area contributed by atoms with E-state index in [-0.39, 0.29) is 0 Å². The van der Waals surface area contributed by atoms with Gasteiger partial charge in [-0.3, -0.25) is 0 Å². The van der Waals surface area contributed by atoms with Crippen LogP contribution in [0.15, 0.2) is 73.1 Å². The Labute approximate surface area is 155 Å². The van der Waals surface area contributed by atoms with Crippen LogP contribution in [-0.2, 0) is 5.75 Å². The van der Waals surface area contributed by atoms with E-state index in [1.807, 2.05) is 54.6 Å². The van der Waals surface area contributed by atoms with Crippen LogP contribution < -0.4 is 0 Å². The average Bonchev–Trinajstić information content (AvgIpc) is 3.31. The van der Waals surface area contributed by atoms with Crippen molar-refractivity contribution in [1.29, 1.82) is 0 Å². The van der Waals surface area contributed by atoms with Gasteiger partial charge in [0.05, 0.1) is 5.75 Å². The Morgan fingerprint density at radius 3 is 2.24 bits per heavy atom. The smallest absolute Gasteiger partial charge is 0.277 e. The molecule has 4 aromatic rings. The molecule has 0 aliphatic carbocycles. The van der Waals surface area contributed by atoms with Crippen LogP contribution in [0.2, 0.25) is 0 Å². The summed E-state index contributed by atoms with van der Waals surface area (Å²) >= 11 is 4.76.